The van der Waals surface area contributed by atoms with Crippen LogP contribution in [0.15, 0.2) is 12.4 Å². The van der Waals surface area contributed by atoms with Crippen LogP contribution in [0, 0.1) is 5.92 Å². The molecule has 7 heteroatoms. The predicted molar refractivity (Wildman–Crippen MR) is 85.5 cm³/mol. The van der Waals surface area contributed by atoms with Crippen LogP contribution in [0.25, 0.3) is 0 Å². The lowest BCUT2D eigenvalue weighted by atomic mass is 9.94. The number of amides is 1. The highest BCUT2D eigenvalue weighted by Gasteiger charge is 2.30. The summed E-state index contributed by atoms with van der Waals surface area (Å²) in [6.45, 7) is 5.36. The minimum atomic E-state index is 0.149. The van der Waals surface area contributed by atoms with E-state index in [-0.39, 0.29) is 5.92 Å². The molecular formula is C15H24N6O. The number of piperazine rings is 1. The van der Waals surface area contributed by atoms with E-state index in [0.717, 1.165) is 57.8 Å². The molecule has 1 amide bonds. The van der Waals surface area contributed by atoms with E-state index in [4.69, 9.17) is 5.73 Å². The van der Waals surface area contributed by atoms with Crippen LogP contribution in [0.3, 0.4) is 0 Å². The summed E-state index contributed by atoms with van der Waals surface area (Å²) in [5.74, 6) is 0.476. The highest BCUT2D eigenvalue weighted by atomic mass is 16.2. The van der Waals surface area contributed by atoms with Gasteiger partial charge in [-0.2, -0.15) is 10.2 Å². The van der Waals surface area contributed by atoms with Gasteiger partial charge in [0, 0.05) is 45.2 Å². The molecule has 0 bridgehead atoms. The minimum absolute atomic E-state index is 0.149. The third kappa shape index (κ3) is 3.14. The molecule has 2 aliphatic heterocycles. The van der Waals surface area contributed by atoms with Gasteiger partial charge in [-0.05, 0) is 19.9 Å². The van der Waals surface area contributed by atoms with Gasteiger partial charge in [-0.15, -0.1) is 0 Å². The van der Waals surface area contributed by atoms with E-state index in [2.05, 4.69) is 27.0 Å². The smallest absolute Gasteiger partial charge is 0.225 e. The van der Waals surface area contributed by atoms with Crippen molar-refractivity contribution in [3.05, 3.63) is 12.4 Å². The Bertz CT molecular complexity index is 521. The monoisotopic (exact) mass is 304 g/mol. The van der Waals surface area contributed by atoms with Crippen LogP contribution >= 0.6 is 0 Å². The number of nitrogens with zero attached hydrogens (tertiary/aromatic N) is 5. The highest BCUT2D eigenvalue weighted by molar-refractivity contribution is 5.79. The highest BCUT2D eigenvalue weighted by Crippen LogP contribution is 2.27. The molecule has 0 spiro atoms. The molecule has 0 unspecified atom stereocenters. The van der Waals surface area contributed by atoms with Crippen LogP contribution in [0.2, 0.25) is 0 Å². The van der Waals surface area contributed by atoms with E-state index in [0.29, 0.717) is 11.6 Å². The van der Waals surface area contributed by atoms with Crippen LogP contribution in [0.4, 0.5) is 11.4 Å². The molecule has 1 aromatic rings. The number of rotatable bonds is 2. The molecule has 120 valence electrons. The zero-order valence-corrected chi connectivity index (χ0v) is 13.1. The number of carbonyl (C=O) groups excluding carboxylic acids is 1. The van der Waals surface area contributed by atoms with Gasteiger partial charge in [-0.1, -0.05) is 0 Å². The van der Waals surface area contributed by atoms with Crippen molar-refractivity contribution in [1.29, 1.82) is 0 Å². The fourth-order valence-electron chi connectivity index (χ4n) is 3.24. The number of nitrogen functional groups attached to an aromatic ring is 1. The van der Waals surface area contributed by atoms with Crippen molar-refractivity contribution < 1.29 is 4.79 Å². The van der Waals surface area contributed by atoms with Gasteiger partial charge in [0.2, 0.25) is 5.91 Å². The number of nitrogens with two attached hydrogens (primary N) is 1. The Kier molecular flexibility index (Phi) is 4.42. The molecule has 2 N–H and O–H groups in total. The van der Waals surface area contributed by atoms with Crippen LogP contribution in [-0.2, 0) is 4.79 Å². The second-order valence-electron chi connectivity index (χ2n) is 6.22. The number of hydrogen-bond donors (Lipinski definition) is 1. The quantitative estimate of drug-likeness (QED) is 0.832. The normalized spacial score (nSPS) is 21.1. The van der Waals surface area contributed by atoms with Gasteiger partial charge in [0.25, 0.3) is 0 Å². The Morgan fingerprint density at radius 1 is 1.09 bits per heavy atom. The summed E-state index contributed by atoms with van der Waals surface area (Å²) in [7, 11) is 2.10. The standard InChI is InChI=1S/C15H24N6O/c1-19-6-8-21(9-7-19)15(22)12-2-4-20(5-3-12)14-11-18-17-10-13(14)16/h10-12H,2-9H2,1H3,(H2,16,18). The summed E-state index contributed by atoms with van der Waals surface area (Å²) in [4.78, 5) is 19.1. The maximum Gasteiger partial charge on any atom is 0.225 e. The Morgan fingerprint density at radius 2 is 1.73 bits per heavy atom. The molecule has 3 rings (SSSR count). The first kappa shape index (κ1) is 15.0. The lowest BCUT2D eigenvalue weighted by Gasteiger charge is -2.38. The summed E-state index contributed by atoms with van der Waals surface area (Å²) in [5.41, 5.74) is 7.53. The average molecular weight is 304 g/mol. The molecule has 22 heavy (non-hydrogen) atoms. The molecule has 7 nitrogen and oxygen atoms in total. The predicted octanol–water partition coefficient (Wildman–Crippen LogP) is 0.0492. The molecule has 2 fully saturated rings. The van der Waals surface area contributed by atoms with Crippen molar-refractivity contribution in [2.45, 2.75) is 12.8 Å². The maximum atomic E-state index is 12.6. The van der Waals surface area contributed by atoms with Gasteiger partial charge in [-0.3, -0.25) is 4.79 Å². The summed E-state index contributed by atoms with van der Waals surface area (Å²) in [6.07, 6.45) is 5.05. The van der Waals surface area contributed by atoms with E-state index >= 15 is 0 Å². The van der Waals surface area contributed by atoms with E-state index in [9.17, 15) is 4.79 Å². The number of carbonyl (C=O) groups is 1. The van der Waals surface area contributed by atoms with Crippen LogP contribution in [-0.4, -0.2) is 72.2 Å². The first-order valence-electron chi connectivity index (χ1n) is 7.93. The molecule has 0 aliphatic carbocycles. The third-order valence-corrected chi connectivity index (χ3v) is 4.74. The minimum Gasteiger partial charge on any atom is -0.396 e. The van der Waals surface area contributed by atoms with Gasteiger partial charge in [0.05, 0.1) is 23.8 Å². The molecule has 0 saturated carbocycles. The number of likely N-dealkylation sites (N-methyl/N-ethyl adjacent to an activating group) is 1. The topological polar surface area (TPSA) is 78.6 Å². The van der Waals surface area contributed by atoms with Gasteiger partial charge < -0.3 is 20.4 Å². The van der Waals surface area contributed by atoms with E-state index < -0.39 is 0 Å². The van der Waals surface area contributed by atoms with Crippen molar-refractivity contribution in [2.75, 3.05) is 56.9 Å². The Balaban J connectivity index is 1.55. The SMILES string of the molecule is CN1CCN(C(=O)C2CCN(c3cnncc3N)CC2)CC1. The molecular weight excluding hydrogens is 280 g/mol. The zero-order chi connectivity index (χ0) is 15.5. The van der Waals surface area contributed by atoms with Crippen molar-refractivity contribution in [1.82, 2.24) is 20.0 Å². The molecule has 2 saturated heterocycles. The molecule has 0 atom stereocenters. The van der Waals surface area contributed by atoms with Crippen LogP contribution in [0.1, 0.15) is 12.8 Å². The van der Waals surface area contributed by atoms with Gasteiger partial charge >= 0.3 is 0 Å². The maximum absolute atomic E-state index is 12.6. The second kappa shape index (κ2) is 6.48. The van der Waals surface area contributed by atoms with Crippen molar-refractivity contribution in [3.63, 3.8) is 0 Å². The molecule has 0 radical (unpaired) electrons. The average Bonchev–Trinajstić information content (AvgIpc) is 2.56. The number of anilines is 2. The first-order chi connectivity index (χ1) is 10.6. The summed E-state index contributed by atoms with van der Waals surface area (Å²) >= 11 is 0. The van der Waals surface area contributed by atoms with Crippen LogP contribution < -0.4 is 10.6 Å². The number of aromatic nitrogens is 2. The number of hydrogen-bond acceptors (Lipinski definition) is 6. The van der Waals surface area contributed by atoms with Gasteiger partial charge in [0.15, 0.2) is 0 Å². The van der Waals surface area contributed by atoms with Crippen molar-refractivity contribution >= 4 is 17.3 Å². The molecule has 0 aromatic carbocycles. The second-order valence-corrected chi connectivity index (χ2v) is 6.22. The first-order valence-corrected chi connectivity index (χ1v) is 7.93. The summed E-state index contributed by atoms with van der Waals surface area (Å²) in [5, 5.41) is 7.69. The van der Waals surface area contributed by atoms with E-state index in [1.54, 1.807) is 12.4 Å². The molecule has 1 aromatic heterocycles. The lowest BCUT2D eigenvalue weighted by Crippen LogP contribution is -2.50. The van der Waals surface area contributed by atoms with E-state index in [1.165, 1.54) is 0 Å². The Morgan fingerprint density at radius 3 is 2.36 bits per heavy atom. The van der Waals surface area contributed by atoms with Crippen molar-refractivity contribution in [3.8, 4) is 0 Å². The fraction of sp³-hybridized carbons (Fsp3) is 0.667. The zero-order valence-electron chi connectivity index (χ0n) is 13.1. The van der Waals surface area contributed by atoms with E-state index in [1.807, 2.05) is 4.90 Å². The Hall–Kier alpha value is -1.89. The Labute approximate surface area is 131 Å². The molecule has 3 heterocycles. The van der Waals surface area contributed by atoms with Gasteiger partial charge in [0.1, 0.15) is 0 Å². The van der Waals surface area contributed by atoms with Crippen molar-refractivity contribution in [2.24, 2.45) is 5.92 Å². The van der Waals surface area contributed by atoms with Crippen LogP contribution in [0.5, 0.6) is 0 Å². The summed E-state index contributed by atoms with van der Waals surface area (Å²) in [6, 6.07) is 0. The summed E-state index contributed by atoms with van der Waals surface area (Å²) < 4.78 is 0. The fourth-order valence-corrected chi connectivity index (χ4v) is 3.24. The largest absolute Gasteiger partial charge is 0.396 e. The number of piperidine rings is 1. The third-order valence-electron chi connectivity index (χ3n) is 4.74. The molecule has 2 aliphatic rings. The van der Waals surface area contributed by atoms with Gasteiger partial charge in [-0.25, -0.2) is 0 Å². The lowest BCUT2D eigenvalue weighted by molar-refractivity contribution is -0.137.